The van der Waals surface area contributed by atoms with Gasteiger partial charge in [-0.3, -0.25) is 0 Å². The summed E-state index contributed by atoms with van der Waals surface area (Å²) in [6, 6.07) is 5.73. The Hall–Kier alpha value is -1.68. The molecule has 1 N–H and O–H groups in total. The number of hydrogen-bond acceptors (Lipinski definition) is 6. The van der Waals surface area contributed by atoms with Crippen molar-refractivity contribution in [3.8, 4) is 17.6 Å². The lowest BCUT2D eigenvalue weighted by atomic mass is 10.2. The molecule has 0 spiro atoms. The Morgan fingerprint density at radius 1 is 1.32 bits per heavy atom. The predicted molar refractivity (Wildman–Crippen MR) is 86.2 cm³/mol. The second-order valence-corrected chi connectivity index (χ2v) is 6.14. The van der Waals surface area contributed by atoms with Crippen LogP contribution >= 0.6 is 34.7 Å². The van der Waals surface area contributed by atoms with Crippen LogP contribution in [0.3, 0.4) is 0 Å². The van der Waals surface area contributed by atoms with Gasteiger partial charge in [0.2, 0.25) is 0 Å². The van der Waals surface area contributed by atoms with Crippen molar-refractivity contribution in [1.82, 2.24) is 4.37 Å². The number of aromatic nitrogens is 1. The monoisotopic (exact) mass is 355 g/mol. The summed E-state index contributed by atoms with van der Waals surface area (Å²) in [6.07, 6.45) is 0.823. The van der Waals surface area contributed by atoms with E-state index in [-0.39, 0.29) is 5.15 Å². The molecule has 2 aromatic rings. The van der Waals surface area contributed by atoms with E-state index in [4.69, 9.17) is 37.9 Å². The first-order chi connectivity index (χ1) is 10.7. The van der Waals surface area contributed by atoms with Gasteiger partial charge in [0.15, 0.2) is 16.7 Å². The second-order valence-electron chi connectivity index (χ2n) is 4.60. The van der Waals surface area contributed by atoms with Gasteiger partial charge in [-0.25, -0.2) is 0 Å². The molecule has 1 aliphatic rings. The molecular weight excluding hydrogens is 345 g/mol. The molecule has 1 aliphatic heterocycles. The summed E-state index contributed by atoms with van der Waals surface area (Å²) in [4.78, 5) is 0. The normalized spacial score (nSPS) is 13.3. The largest absolute Gasteiger partial charge is 0.489 e. The van der Waals surface area contributed by atoms with Crippen LogP contribution < -0.4 is 14.8 Å². The van der Waals surface area contributed by atoms with Gasteiger partial charge in [-0.1, -0.05) is 23.2 Å². The van der Waals surface area contributed by atoms with Gasteiger partial charge in [-0.05, 0) is 29.2 Å². The van der Waals surface area contributed by atoms with Gasteiger partial charge in [-0.2, -0.15) is 9.64 Å². The summed E-state index contributed by atoms with van der Waals surface area (Å²) in [5, 5.41) is 13.6. The third-order valence-corrected chi connectivity index (χ3v) is 4.54. The number of fused-ring (bicyclic) bond motifs is 1. The number of rotatable bonds is 3. The molecule has 8 heteroatoms. The van der Waals surface area contributed by atoms with Gasteiger partial charge in [0.1, 0.15) is 16.6 Å². The molecule has 0 bridgehead atoms. The van der Waals surface area contributed by atoms with Crippen LogP contribution in [0.25, 0.3) is 0 Å². The first kappa shape index (κ1) is 15.2. The Morgan fingerprint density at radius 2 is 2.14 bits per heavy atom. The van der Waals surface area contributed by atoms with E-state index < -0.39 is 0 Å². The molecule has 0 unspecified atom stereocenters. The summed E-state index contributed by atoms with van der Waals surface area (Å²) >= 11 is 13.2. The standard InChI is InChI=1S/C14H11Cl2N3O2S/c15-10-4-8(5-11-12(10)21-3-1-2-20-11)7-18-14-9(6-17)13(16)19-22-14/h4-5,18H,1-3,7H2. The van der Waals surface area contributed by atoms with Gasteiger partial charge >= 0.3 is 0 Å². The maximum Gasteiger partial charge on any atom is 0.179 e. The van der Waals surface area contributed by atoms with E-state index in [1.165, 1.54) is 0 Å². The molecule has 0 fully saturated rings. The zero-order valence-corrected chi connectivity index (χ0v) is 13.7. The molecule has 3 rings (SSSR count). The van der Waals surface area contributed by atoms with Gasteiger partial charge in [0, 0.05) is 13.0 Å². The highest BCUT2D eigenvalue weighted by atomic mass is 35.5. The van der Waals surface area contributed by atoms with E-state index in [0.29, 0.717) is 46.8 Å². The quantitative estimate of drug-likeness (QED) is 0.897. The lowest BCUT2D eigenvalue weighted by molar-refractivity contribution is 0.297. The summed E-state index contributed by atoms with van der Waals surface area (Å²) < 4.78 is 15.2. The topological polar surface area (TPSA) is 67.2 Å². The zero-order chi connectivity index (χ0) is 15.5. The fourth-order valence-corrected chi connectivity index (χ4v) is 3.27. The molecule has 0 amide bonds. The molecule has 0 saturated carbocycles. The van der Waals surface area contributed by atoms with Crippen molar-refractivity contribution in [3.63, 3.8) is 0 Å². The van der Waals surface area contributed by atoms with Crippen molar-refractivity contribution < 1.29 is 9.47 Å². The van der Waals surface area contributed by atoms with Crippen LogP contribution in [0, 0.1) is 11.3 Å². The van der Waals surface area contributed by atoms with Crippen molar-refractivity contribution in [3.05, 3.63) is 33.4 Å². The Kier molecular flexibility index (Phi) is 4.57. The van der Waals surface area contributed by atoms with E-state index in [2.05, 4.69) is 9.69 Å². The molecular formula is C14H11Cl2N3O2S. The number of ether oxygens (including phenoxy) is 2. The minimum absolute atomic E-state index is 0.215. The molecule has 0 saturated heterocycles. The Balaban J connectivity index is 1.80. The molecule has 2 heterocycles. The maximum absolute atomic E-state index is 9.05. The van der Waals surface area contributed by atoms with Crippen LogP contribution in [0.2, 0.25) is 10.2 Å². The van der Waals surface area contributed by atoms with Crippen LogP contribution in [0.5, 0.6) is 11.5 Å². The number of halogens is 2. The molecule has 114 valence electrons. The first-order valence-corrected chi connectivity index (χ1v) is 8.09. The lowest BCUT2D eigenvalue weighted by Gasteiger charge is -2.12. The van der Waals surface area contributed by atoms with Crippen molar-refractivity contribution in [2.75, 3.05) is 18.5 Å². The number of nitriles is 1. The van der Waals surface area contributed by atoms with Crippen LogP contribution in [0.1, 0.15) is 17.5 Å². The highest BCUT2D eigenvalue weighted by molar-refractivity contribution is 7.10. The van der Waals surface area contributed by atoms with E-state index in [9.17, 15) is 0 Å². The first-order valence-electron chi connectivity index (χ1n) is 6.56. The smallest absolute Gasteiger partial charge is 0.179 e. The van der Waals surface area contributed by atoms with Gasteiger partial charge in [0.05, 0.1) is 18.2 Å². The maximum atomic E-state index is 9.05. The van der Waals surface area contributed by atoms with Crippen molar-refractivity contribution >= 4 is 39.7 Å². The van der Waals surface area contributed by atoms with Gasteiger partial charge < -0.3 is 14.8 Å². The van der Waals surface area contributed by atoms with Crippen LogP contribution in [-0.4, -0.2) is 17.6 Å². The molecule has 1 aromatic heterocycles. The molecule has 0 radical (unpaired) electrons. The zero-order valence-electron chi connectivity index (χ0n) is 11.4. The average Bonchev–Trinajstić information content (AvgIpc) is 2.71. The minimum Gasteiger partial charge on any atom is -0.489 e. The second kappa shape index (κ2) is 6.61. The summed E-state index contributed by atoms with van der Waals surface area (Å²) in [5.74, 6) is 1.23. The SMILES string of the molecule is N#Cc1c(Cl)nsc1NCc1cc(Cl)c2c(c1)OCCCO2. The Labute approximate surface area is 141 Å². The molecule has 0 atom stereocenters. The van der Waals surface area contributed by atoms with Gasteiger partial charge in [0.25, 0.3) is 0 Å². The van der Waals surface area contributed by atoms with Crippen molar-refractivity contribution in [2.45, 2.75) is 13.0 Å². The number of benzene rings is 1. The molecule has 1 aromatic carbocycles. The van der Waals surface area contributed by atoms with E-state index >= 15 is 0 Å². The number of nitrogens with zero attached hydrogens (tertiary/aromatic N) is 2. The highest BCUT2D eigenvalue weighted by Crippen LogP contribution is 2.38. The van der Waals surface area contributed by atoms with Crippen molar-refractivity contribution in [2.24, 2.45) is 0 Å². The van der Waals surface area contributed by atoms with Crippen molar-refractivity contribution in [1.29, 1.82) is 5.26 Å². The summed E-state index contributed by atoms with van der Waals surface area (Å²) in [6.45, 7) is 1.67. The average molecular weight is 356 g/mol. The van der Waals surface area contributed by atoms with Crippen LogP contribution in [0.15, 0.2) is 12.1 Å². The molecule has 0 aliphatic carbocycles. The number of nitrogens with one attached hydrogen (secondary N) is 1. The number of hydrogen-bond donors (Lipinski definition) is 1. The highest BCUT2D eigenvalue weighted by Gasteiger charge is 2.16. The minimum atomic E-state index is 0.215. The van der Waals surface area contributed by atoms with E-state index in [0.717, 1.165) is 23.5 Å². The predicted octanol–water partition coefficient (Wildman–Crippen LogP) is 4.09. The van der Waals surface area contributed by atoms with E-state index in [1.807, 2.05) is 18.2 Å². The fraction of sp³-hybridized carbons (Fsp3) is 0.286. The summed E-state index contributed by atoms with van der Waals surface area (Å²) in [5.41, 5.74) is 1.27. The summed E-state index contributed by atoms with van der Waals surface area (Å²) in [7, 11) is 0. The van der Waals surface area contributed by atoms with Gasteiger partial charge in [-0.15, -0.1) is 0 Å². The number of anilines is 1. The van der Waals surface area contributed by atoms with E-state index in [1.54, 1.807) is 0 Å². The fourth-order valence-electron chi connectivity index (χ4n) is 2.06. The van der Waals surface area contributed by atoms with Crippen LogP contribution in [-0.2, 0) is 6.54 Å². The Bertz CT molecular complexity index is 742. The third kappa shape index (κ3) is 3.07. The third-order valence-electron chi connectivity index (χ3n) is 3.08. The van der Waals surface area contributed by atoms with Crippen LogP contribution in [0.4, 0.5) is 5.00 Å². The lowest BCUT2D eigenvalue weighted by Crippen LogP contribution is -2.01. The molecule has 22 heavy (non-hydrogen) atoms. The molecule has 5 nitrogen and oxygen atoms in total. The Morgan fingerprint density at radius 3 is 2.95 bits per heavy atom.